The van der Waals surface area contributed by atoms with Gasteiger partial charge in [-0.2, -0.15) is 0 Å². The second-order valence-electron chi connectivity index (χ2n) is 6.22. The fourth-order valence-corrected chi connectivity index (χ4v) is 3.36. The Morgan fingerprint density at radius 2 is 1.96 bits per heavy atom. The molecule has 1 aliphatic carbocycles. The Kier molecular flexibility index (Phi) is 3.18. The highest BCUT2D eigenvalue weighted by Crippen LogP contribution is 2.30. The van der Waals surface area contributed by atoms with Crippen molar-refractivity contribution in [2.24, 2.45) is 0 Å². The molecule has 0 bridgehead atoms. The zero-order chi connectivity index (χ0) is 16.0. The summed E-state index contributed by atoms with van der Waals surface area (Å²) in [5, 5.41) is 4.29. The van der Waals surface area contributed by atoms with Gasteiger partial charge in [0.05, 0.1) is 0 Å². The van der Waals surface area contributed by atoms with E-state index in [-0.39, 0.29) is 17.8 Å². The van der Waals surface area contributed by atoms with Crippen LogP contribution >= 0.6 is 0 Å². The lowest BCUT2D eigenvalue weighted by Crippen LogP contribution is -2.35. The molecule has 4 heteroatoms. The first-order valence-corrected chi connectivity index (χ1v) is 7.76. The van der Waals surface area contributed by atoms with E-state index in [4.69, 9.17) is 0 Å². The van der Waals surface area contributed by atoms with Gasteiger partial charge in [0.15, 0.2) is 0 Å². The molecule has 1 unspecified atom stereocenters. The standard InChI is InChI=1S/C19H17FN2O/c1-11-2-7-17-15(8-11)16-9-14(10-18(16)22-17)21-19(23)12-3-5-13(20)6-4-12/h2-8,14,22H,9-10H2,1H3,(H,21,23). The molecule has 1 aliphatic rings. The van der Waals surface area contributed by atoms with Crippen molar-refractivity contribution >= 4 is 16.8 Å². The molecule has 1 aromatic heterocycles. The minimum atomic E-state index is -0.334. The van der Waals surface area contributed by atoms with Crippen molar-refractivity contribution in [3.05, 3.63) is 70.7 Å². The minimum Gasteiger partial charge on any atom is -0.358 e. The third-order valence-electron chi connectivity index (χ3n) is 4.49. The van der Waals surface area contributed by atoms with Gasteiger partial charge in [-0.25, -0.2) is 4.39 Å². The molecule has 0 saturated heterocycles. The zero-order valence-electron chi connectivity index (χ0n) is 12.8. The van der Waals surface area contributed by atoms with Crippen LogP contribution in [-0.4, -0.2) is 16.9 Å². The topological polar surface area (TPSA) is 44.9 Å². The Labute approximate surface area is 133 Å². The van der Waals surface area contributed by atoms with Crippen LogP contribution in [0.5, 0.6) is 0 Å². The summed E-state index contributed by atoms with van der Waals surface area (Å²) in [5.74, 6) is -0.486. The predicted octanol–water partition coefficient (Wildman–Crippen LogP) is 3.51. The maximum atomic E-state index is 12.9. The summed E-state index contributed by atoms with van der Waals surface area (Å²) in [6.07, 6.45) is 1.63. The fourth-order valence-electron chi connectivity index (χ4n) is 3.36. The van der Waals surface area contributed by atoms with Gasteiger partial charge in [0.1, 0.15) is 5.82 Å². The maximum Gasteiger partial charge on any atom is 0.251 e. The van der Waals surface area contributed by atoms with E-state index in [0.717, 1.165) is 18.4 Å². The quantitative estimate of drug-likeness (QED) is 0.747. The molecule has 0 aliphatic heterocycles. The number of aromatic nitrogens is 1. The van der Waals surface area contributed by atoms with E-state index in [2.05, 4.69) is 35.4 Å². The predicted molar refractivity (Wildman–Crippen MR) is 88.1 cm³/mol. The van der Waals surface area contributed by atoms with Crippen LogP contribution in [0.3, 0.4) is 0 Å². The lowest BCUT2D eigenvalue weighted by atomic mass is 10.1. The van der Waals surface area contributed by atoms with Gasteiger partial charge in [0.25, 0.3) is 5.91 Å². The van der Waals surface area contributed by atoms with Crippen molar-refractivity contribution in [1.29, 1.82) is 0 Å². The van der Waals surface area contributed by atoms with E-state index in [1.165, 1.54) is 46.5 Å². The number of nitrogens with one attached hydrogen (secondary N) is 2. The number of benzene rings is 2. The van der Waals surface area contributed by atoms with Gasteiger partial charge in [0, 0.05) is 34.6 Å². The van der Waals surface area contributed by atoms with Crippen molar-refractivity contribution in [1.82, 2.24) is 10.3 Å². The van der Waals surface area contributed by atoms with E-state index in [1.54, 1.807) is 0 Å². The highest BCUT2D eigenvalue weighted by molar-refractivity contribution is 5.94. The van der Waals surface area contributed by atoms with Gasteiger partial charge in [-0.1, -0.05) is 11.6 Å². The van der Waals surface area contributed by atoms with E-state index >= 15 is 0 Å². The van der Waals surface area contributed by atoms with Gasteiger partial charge < -0.3 is 10.3 Å². The summed E-state index contributed by atoms with van der Waals surface area (Å²) < 4.78 is 12.9. The molecule has 2 N–H and O–H groups in total. The number of amides is 1. The fraction of sp³-hybridized carbons (Fsp3) is 0.211. The summed E-state index contributed by atoms with van der Waals surface area (Å²) in [5.41, 5.74) is 5.38. The molecule has 116 valence electrons. The van der Waals surface area contributed by atoms with Gasteiger partial charge >= 0.3 is 0 Å². The number of halogens is 1. The first-order chi connectivity index (χ1) is 11.1. The summed E-state index contributed by atoms with van der Waals surface area (Å²) in [6, 6.07) is 12.1. The third-order valence-corrected chi connectivity index (χ3v) is 4.49. The van der Waals surface area contributed by atoms with Crippen molar-refractivity contribution in [3.63, 3.8) is 0 Å². The lowest BCUT2D eigenvalue weighted by Gasteiger charge is -2.12. The summed E-state index contributed by atoms with van der Waals surface area (Å²) in [6.45, 7) is 2.08. The smallest absolute Gasteiger partial charge is 0.251 e. The number of rotatable bonds is 2. The number of carbonyl (C=O) groups is 1. The molecule has 0 spiro atoms. The molecule has 0 saturated carbocycles. The second-order valence-corrected chi connectivity index (χ2v) is 6.22. The van der Waals surface area contributed by atoms with Crippen LogP contribution in [0.1, 0.15) is 27.2 Å². The van der Waals surface area contributed by atoms with Crippen molar-refractivity contribution in [2.45, 2.75) is 25.8 Å². The summed E-state index contributed by atoms with van der Waals surface area (Å²) in [4.78, 5) is 15.7. The normalized spacial score (nSPS) is 16.5. The second kappa shape index (κ2) is 5.23. The first kappa shape index (κ1) is 14.0. The van der Waals surface area contributed by atoms with Crippen LogP contribution in [0, 0.1) is 12.7 Å². The molecule has 1 amide bonds. The van der Waals surface area contributed by atoms with Crippen LogP contribution in [0.2, 0.25) is 0 Å². The lowest BCUT2D eigenvalue weighted by molar-refractivity contribution is 0.0938. The summed E-state index contributed by atoms with van der Waals surface area (Å²) >= 11 is 0. The Hall–Kier alpha value is -2.62. The van der Waals surface area contributed by atoms with E-state index in [1.807, 2.05) is 0 Å². The number of hydrogen-bond acceptors (Lipinski definition) is 1. The monoisotopic (exact) mass is 308 g/mol. The zero-order valence-corrected chi connectivity index (χ0v) is 12.8. The number of H-pyrrole nitrogens is 1. The molecule has 1 atom stereocenters. The van der Waals surface area contributed by atoms with Crippen LogP contribution in [-0.2, 0) is 12.8 Å². The van der Waals surface area contributed by atoms with Crippen LogP contribution < -0.4 is 5.32 Å². The molecular formula is C19H17FN2O. The van der Waals surface area contributed by atoms with Crippen molar-refractivity contribution in [3.8, 4) is 0 Å². The Balaban J connectivity index is 1.53. The maximum absolute atomic E-state index is 12.9. The average Bonchev–Trinajstić information content (AvgIpc) is 3.05. The van der Waals surface area contributed by atoms with Crippen LogP contribution in [0.25, 0.3) is 10.9 Å². The minimum absolute atomic E-state index is 0.0821. The van der Waals surface area contributed by atoms with E-state index in [0.29, 0.717) is 5.56 Å². The SMILES string of the molecule is Cc1ccc2[nH]c3c(c2c1)CC(NC(=O)c1ccc(F)cc1)C3. The highest BCUT2D eigenvalue weighted by atomic mass is 19.1. The van der Waals surface area contributed by atoms with E-state index < -0.39 is 0 Å². The molecule has 1 heterocycles. The van der Waals surface area contributed by atoms with Crippen molar-refractivity contribution in [2.75, 3.05) is 0 Å². The van der Waals surface area contributed by atoms with Gasteiger partial charge in [-0.05, 0) is 55.3 Å². The average molecular weight is 308 g/mol. The molecule has 3 aromatic rings. The largest absolute Gasteiger partial charge is 0.358 e. The molecule has 23 heavy (non-hydrogen) atoms. The number of aromatic amines is 1. The number of hydrogen-bond donors (Lipinski definition) is 2. The molecule has 0 fully saturated rings. The Morgan fingerprint density at radius 3 is 2.74 bits per heavy atom. The van der Waals surface area contributed by atoms with Crippen LogP contribution in [0.15, 0.2) is 42.5 Å². The molecule has 0 radical (unpaired) electrons. The molecule has 4 rings (SSSR count). The van der Waals surface area contributed by atoms with Gasteiger partial charge in [-0.15, -0.1) is 0 Å². The third kappa shape index (κ3) is 2.50. The first-order valence-electron chi connectivity index (χ1n) is 7.76. The van der Waals surface area contributed by atoms with Gasteiger partial charge in [0.2, 0.25) is 0 Å². The number of aryl methyl sites for hydroxylation is 1. The van der Waals surface area contributed by atoms with Crippen molar-refractivity contribution < 1.29 is 9.18 Å². The summed E-state index contributed by atoms with van der Waals surface area (Å²) in [7, 11) is 0. The molecular weight excluding hydrogens is 291 g/mol. The van der Waals surface area contributed by atoms with Gasteiger partial charge in [-0.3, -0.25) is 4.79 Å². The number of carbonyl (C=O) groups excluding carboxylic acids is 1. The Bertz CT molecular complexity index is 896. The molecule has 3 nitrogen and oxygen atoms in total. The molecule has 2 aromatic carbocycles. The Morgan fingerprint density at radius 1 is 1.17 bits per heavy atom. The van der Waals surface area contributed by atoms with E-state index in [9.17, 15) is 9.18 Å². The highest BCUT2D eigenvalue weighted by Gasteiger charge is 2.26. The van der Waals surface area contributed by atoms with Crippen LogP contribution in [0.4, 0.5) is 4.39 Å². The number of fused-ring (bicyclic) bond motifs is 3.